The quantitative estimate of drug-likeness (QED) is 0.185. The molecule has 1 aliphatic rings. The lowest BCUT2D eigenvalue weighted by atomic mass is 9.97. The number of hydrogen-bond acceptors (Lipinski definition) is 7. The first-order chi connectivity index (χ1) is 16.2. The van der Waals surface area contributed by atoms with Crippen molar-refractivity contribution in [2.24, 2.45) is 10.2 Å². The van der Waals surface area contributed by atoms with Gasteiger partial charge in [0.25, 0.3) is 0 Å². The van der Waals surface area contributed by atoms with Crippen LogP contribution >= 0.6 is 23.1 Å². The molecule has 1 amide bonds. The number of anilines is 1. The topological polar surface area (TPSA) is 79.6 Å². The van der Waals surface area contributed by atoms with Gasteiger partial charge in [0.05, 0.1) is 17.1 Å². The zero-order valence-electron chi connectivity index (χ0n) is 18.2. The number of aryl methyl sites for hydroxylation is 3. The Morgan fingerprint density at radius 2 is 1.73 bits per heavy atom. The molecule has 5 rings (SSSR count). The van der Waals surface area contributed by atoms with Crippen LogP contribution in [0.4, 0.5) is 17.1 Å². The summed E-state index contributed by atoms with van der Waals surface area (Å²) in [6.45, 7) is 1.92. The van der Waals surface area contributed by atoms with Crippen molar-refractivity contribution >= 4 is 56.3 Å². The van der Waals surface area contributed by atoms with E-state index in [9.17, 15) is 4.79 Å². The highest BCUT2D eigenvalue weighted by Crippen LogP contribution is 2.39. The van der Waals surface area contributed by atoms with E-state index >= 15 is 0 Å². The molecule has 0 bridgehead atoms. The fourth-order valence-corrected chi connectivity index (χ4v) is 6.15. The van der Waals surface area contributed by atoms with E-state index in [0.717, 1.165) is 51.0 Å². The summed E-state index contributed by atoms with van der Waals surface area (Å²) < 4.78 is 0. The Morgan fingerprint density at radius 1 is 1.00 bits per heavy atom. The molecule has 2 heterocycles. The standard InChI is InChI=1S/C25H23N5OS2/c1-16-26-24(23-20-9-5-6-10-21(20)33-25(23)27-16)32-15-22(31)28-17-11-13-19(14-12-17)30-29-18-7-3-2-4-8-18/h2-4,7-8,11-14H,5-6,9-10,15H2,1H3,(H,28,31). The van der Waals surface area contributed by atoms with Gasteiger partial charge in [0.15, 0.2) is 0 Å². The lowest BCUT2D eigenvalue weighted by Crippen LogP contribution is -2.14. The van der Waals surface area contributed by atoms with Crippen LogP contribution in [-0.4, -0.2) is 21.6 Å². The molecule has 166 valence electrons. The molecule has 0 spiro atoms. The van der Waals surface area contributed by atoms with Gasteiger partial charge in [-0.25, -0.2) is 9.97 Å². The second-order valence-corrected chi connectivity index (χ2v) is 9.93. The van der Waals surface area contributed by atoms with Crippen molar-refractivity contribution in [3.05, 3.63) is 70.9 Å². The Bertz CT molecular complexity index is 1320. The number of benzene rings is 2. The Morgan fingerprint density at radius 3 is 2.52 bits per heavy atom. The number of carbonyl (C=O) groups excluding carboxylic acids is 1. The van der Waals surface area contributed by atoms with Crippen molar-refractivity contribution in [3.8, 4) is 0 Å². The molecule has 0 unspecified atom stereocenters. The predicted octanol–water partition coefficient (Wildman–Crippen LogP) is 7.02. The van der Waals surface area contributed by atoms with Gasteiger partial charge in [-0.15, -0.1) is 11.3 Å². The Labute approximate surface area is 200 Å². The van der Waals surface area contributed by atoms with Crippen LogP contribution in [0, 0.1) is 6.92 Å². The number of thioether (sulfide) groups is 1. The number of fused-ring (bicyclic) bond motifs is 3. The number of hydrogen-bond donors (Lipinski definition) is 1. The summed E-state index contributed by atoms with van der Waals surface area (Å²) in [6.07, 6.45) is 4.65. The summed E-state index contributed by atoms with van der Waals surface area (Å²) in [4.78, 5) is 24.4. The molecule has 0 aliphatic heterocycles. The average molecular weight is 474 g/mol. The van der Waals surface area contributed by atoms with E-state index < -0.39 is 0 Å². The number of azo groups is 1. The van der Waals surface area contributed by atoms with E-state index in [1.165, 1.54) is 35.0 Å². The van der Waals surface area contributed by atoms with Crippen molar-refractivity contribution in [1.82, 2.24) is 9.97 Å². The van der Waals surface area contributed by atoms with Crippen LogP contribution in [0.5, 0.6) is 0 Å². The second kappa shape index (κ2) is 9.80. The van der Waals surface area contributed by atoms with Gasteiger partial charge >= 0.3 is 0 Å². The van der Waals surface area contributed by atoms with Crippen LogP contribution in [0.25, 0.3) is 10.2 Å². The van der Waals surface area contributed by atoms with Crippen LogP contribution < -0.4 is 5.32 Å². The molecule has 0 fully saturated rings. The molecule has 2 aromatic carbocycles. The maximum atomic E-state index is 12.6. The van der Waals surface area contributed by atoms with Crippen molar-refractivity contribution in [2.75, 3.05) is 11.1 Å². The fourth-order valence-electron chi connectivity index (χ4n) is 3.88. The Hall–Kier alpha value is -3.10. The van der Waals surface area contributed by atoms with Crippen LogP contribution in [0.15, 0.2) is 69.9 Å². The van der Waals surface area contributed by atoms with Crippen LogP contribution in [0.1, 0.15) is 29.1 Å². The lowest BCUT2D eigenvalue weighted by molar-refractivity contribution is -0.113. The molecular formula is C25H23N5OS2. The molecule has 0 saturated heterocycles. The number of nitrogens with zero attached hydrogens (tertiary/aromatic N) is 4. The van der Waals surface area contributed by atoms with E-state index in [2.05, 4.69) is 25.5 Å². The highest BCUT2D eigenvalue weighted by Gasteiger charge is 2.21. The predicted molar refractivity (Wildman–Crippen MR) is 135 cm³/mol. The van der Waals surface area contributed by atoms with Gasteiger partial charge in [0, 0.05) is 16.0 Å². The summed E-state index contributed by atoms with van der Waals surface area (Å²) in [6, 6.07) is 16.9. The molecule has 0 atom stereocenters. The maximum Gasteiger partial charge on any atom is 0.234 e. The highest BCUT2D eigenvalue weighted by atomic mass is 32.2. The van der Waals surface area contributed by atoms with Gasteiger partial charge in [0.2, 0.25) is 5.91 Å². The van der Waals surface area contributed by atoms with E-state index in [4.69, 9.17) is 0 Å². The minimum Gasteiger partial charge on any atom is -0.325 e. The van der Waals surface area contributed by atoms with E-state index in [1.54, 1.807) is 11.3 Å². The fraction of sp³-hybridized carbons (Fsp3) is 0.240. The number of thiophene rings is 1. The van der Waals surface area contributed by atoms with Crippen LogP contribution in [-0.2, 0) is 17.6 Å². The third-order valence-corrected chi connectivity index (χ3v) is 7.58. The second-order valence-electron chi connectivity index (χ2n) is 7.89. The van der Waals surface area contributed by atoms with Gasteiger partial charge in [-0.3, -0.25) is 4.79 Å². The van der Waals surface area contributed by atoms with Crippen LogP contribution in [0.3, 0.4) is 0 Å². The summed E-state index contributed by atoms with van der Waals surface area (Å²) in [7, 11) is 0. The number of amides is 1. The number of rotatable bonds is 6. The molecule has 8 heteroatoms. The minimum absolute atomic E-state index is 0.0628. The van der Waals surface area contributed by atoms with Crippen molar-refractivity contribution < 1.29 is 4.79 Å². The Balaban J connectivity index is 1.23. The van der Waals surface area contributed by atoms with Crippen molar-refractivity contribution in [1.29, 1.82) is 0 Å². The largest absolute Gasteiger partial charge is 0.325 e. The zero-order chi connectivity index (χ0) is 22.6. The third-order valence-electron chi connectivity index (χ3n) is 5.42. The normalized spacial score (nSPS) is 13.4. The first-order valence-electron chi connectivity index (χ1n) is 10.9. The van der Waals surface area contributed by atoms with Crippen LogP contribution in [0.2, 0.25) is 0 Å². The number of nitrogens with one attached hydrogen (secondary N) is 1. The summed E-state index contributed by atoms with van der Waals surface area (Å²) in [5.74, 6) is 0.988. The van der Waals surface area contributed by atoms with E-state index in [0.29, 0.717) is 5.75 Å². The van der Waals surface area contributed by atoms with Gasteiger partial charge in [0.1, 0.15) is 15.7 Å². The number of carbonyl (C=O) groups is 1. The van der Waals surface area contributed by atoms with Crippen molar-refractivity contribution in [3.63, 3.8) is 0 Å². The molecular weight excluding hydrogens is 450 g/mol. The Kier molecular flexibility index (Phi) is 6.46. The van der Waals surface area contributed by atoms with E-state index in [-0.39, 0.29) is 5.91 Å². The highest BCUT2D eigenvalue weighted by molar-refractivity contribution is 8.00. The molecule has 1 aliphatic carbocycles. The minimum atomic E-state index is -0.0628. The lowest BCUT2D eigenvalue weighted by Gasteiger charge is -2.12. The first kappa shape index (κ1) is 21.7. The third kappa shape index (κ3) is 5.12. The van der Waals surface area contributed by atoms with E-state index in [1.807, 2.05) is 61.5 Å². The van der Waals surface area contributed by atoms with Gasteiger partial charge < -0.3 is 5.32 Å². The first-order valence-corrected chi connectivity index (χ1v) is 12.7. The maximum absolute atomic E-state index is 12.6. The molecule has 33 heavy (non-hydrogen) atoms. The molecule has 1 N–H and O–H groups in total. The summed E-state index contributed by atoms with van der Waals surface area (Å²) in [5.41, 5.74) is 3.65. The van der Waals surface area contributed by atoms with Gasteiger partial charge in [-0.2, -0.15) is 10.2 Å². The van der Waals surface area contributed by atoms with Gasteiger partial charge in [-0.05, 0) is 74.6 Å². The smallest absolute Gasteiger partial charge is 0.234 e. The summed E-state index contributed by atoms with van der Waals surface area (Å²) >= 11 is 3.27. The summed E-state index contributed by atoms with van der Waals surface area (Å²) in [5, 5.41) is 13.5. The molecule has 2 aromatic heterocycles. The molecule has 0 saturated carbocycles. The van der Waals surface area contributed by atoms with Crippen molar-refractivity contribution in [2.45, 2.75) is 37.6 Å². The monoisotopic (exact) mass is 473 g/mol. The molecule has 4 aromatic rings. The van der Waals surface area contributed by atoms with Gasteiger partial charge in [-0.1, -0.05) is 30.0 Å². The number of aromatic nitrogens is 2. The molecule has 0 radical (unpaired) electrons. The molecule has 6 nitrogen and oxygen atoms in total. The SMILES string of the molecule is Cc1nc(SCC(=O)Nc2ccc(N=Nc3ccccc3)cc2)c2c3c(sc2n1)CCCC3. The average Bonchev–Trinajstić information content (AvgIpc) is 3.21. The zero-order valence-corrected chi connectivity index (χ0v) is 19.9.